The van der Waals surface area contributed by atoms with Gasteiger partial charge in [-0.15, -0.1) is 0 Å². The van der Waals surface area contributed by atoms with Gasteiger partial charge in [-0.2, -0.15) is 0 Å². The molecule has 1 saturated carbocycles. The van der Waals surface area contributed by atoms with Gasteiger partial charge < -0.3 is 14.7 Å². The molecule has 4 heteroatoms. The molecule has 1 aliphatic heterocycles. The standard InChI is InChI=1S/C19H25NO3/c1-11-15(21)6-5-13-14-10-12-4-7-16(23-3)18(22)17(12)19(11,13)8-9-20(14)2/h4,7,11,13-14,22H,5-6,8-10H2,1-3H3/t11-,13+,14+,19+/m0/s1. The number of rotatable bonds is 1. The number of likely N-dealkylation sites (tertiary alicyclic amines) is 1. The first-order chi connectivity index (χ1) is 11.0. The van der Waals surface area contributed by atoms with Crippen LogP contribution in [0.1, 0.15) is 37.3 Å². The zero-order chi connectivity index (χ0) is 16.4. The average Bonchev–Trinajstić information content (AvgIpc) is 2.54. The highest BCUT2D eigenvalue weighted by Crippen LogP contribution is 2.60. The van der Waals surface area contributed by atoms with Crippen molar-refractivity contribution >= 4 is 5.78 Å². The zero-order valence-electron chi connectivity index (χ0n) is 14.1. The molecular weight excluding hydrogens is 290 g/mol. The van der Waals surface area contributed by atoms with Crippen LogP contribution >= 0.6 is 0 Å². The van der Waals surface area contributed by atoms with E-state index in [1.54, 1.807) is 7.11 Å². The van der Waals surface area contributed by atoms with Crippen molar-refractivity contribution in [1.29, 1.82) is 0 Å². The number of phenols is 1. The molecule has 2 fully saturated rings. The summed E-state index contributed by atoms with van der Waals surface area (Å²) in [5.74, 6) is 1.55. The third kappa shape index (κ3) is 1.78. The van der Waals surface area contributed by atoms with E-state index < -0.39 is 0 Å². The van der Waals surface area contributed by atoms with Crippen molar-refractivity contribution in [2.75, 3.05) is 20.7 Å². The number of hydrogen-bond acceptors (Lipinski definition) is 4. The number of phenolic OH excluding ortho intramolecular Hbond substituents is 1. The normalized spacial score (nSPS) is 36.3. The number of hydrogen-bond donors (Lipinski definition) is 1. The van der Waals surface area contributed by atoms with Crippen LogP contribution in [0.25, 0.3) is 0 Å². The summed E-state index contributed by atoms with van der Waals surface area (Å²) in [7, 11) is 3.79. The van der Waals surface area contributed by atoms with E-state index in [0.717, 1.165) is 31.4 Å². The lowest BCUT2D eigenvalue weighted by Gasteiger charge is -2.60. The maximum absolute atomic E-state index is 12.6. The number of likely N-dealkylation sites (N-methyl/N-ethyl adjacent to an activating group) is 1. The predicted molar refractivity (Wildman–Crippen MR) is 88.0 cm³/mol. The molecule has 1 aromatic rings. The largest absolute Gasteiger partial charge is 0.504 e. The SMILES string of the molecule is COc1ccc2c(c1O)[C@@]13CCN(C)[C@H](C2)[C@H]1CCC(=O)[C@@H]3C. The van der Waals surface area contributed by atoms with Gasteiger partial charge in [-0.3, -0.25) is 4.79 Å². The van der Waals surface area contributed by atoms with Crippen LogP contribution in [-0.4, -0.2) is 42.5 Å². The molecule has 2 bridgehead atoms. The first-order valence-corrected chi connectivity index (χ1v) is 8.63. The van der Waals surface area contributed by atoms with Gasteiger partial charge in [0.05, 0.1) is 7.11 Å². The molecule has 3 aliphatic rings. The number of aromatic hydroxyl groups is 1. The van der Waals surface area contributed by atoms with E-state index in [-0.39, 0.29) is 17.1 Å². The highest BCUT2D eigenvalue weighted by atomic mass is 16.5. The molecule has 1 aromatic carbocycles. The van der Waals surface area contributed by atoms with Crippen LogP contribution in [0.5, 0.6) is 11.5 Å². The minimum absolute atomic E-state index is 0.0329. The third-order valence-corrected chi connectivity index (χ3v) is 6.87. The van der Waals surface area contributed by atoms with Crippen LogP contribution in [-0.2, 0) is 16.6 Å². The summed E-state index contributed by atoms with van der Waals surface area (Å²) >= 11 is 0. The number of ketones is 1. The summed E-state index contributed by atoms with van der Waals surface area (Å²) in [5, 5.41) is 10.9. The molecule has 0 radical (unpaired) electrons. The third-order valence-electron chi connectivity index (χ3n) is 6.87. The van der Waals surface area contributed by atoms with Gasteiger partial charge in [-0.05, 0) is 50.4 Å². The predicted octanol–water partition coefficient (Wildman–Crippen LogP) is 2.51. The molecule has 0 spiro atoms. The minimum Gasteiger partial charge on any atom is -0.504 e. The lowest BCUT2D eigenvalue weighted by Crippen LogP contribution is -2.63. The summed E-state index contributed by atoms with van der Waals surface area (Å²) in [6, 6.07) is 4.42. The number of carbonyl (C=O) groups is 1. The van der Waals surface area contributed by atoms with Crippen LogP contribution in [0.2, 0.25) is 0 Å². The molecule has 0 amide bonds. The number of methoxy groups -OCH3 is 1. The Kier molecular flexibility index (Phi) is 3.24. The van der Waals surface area contributed by atoms with Gasteiger partial charge in [0.25, 0.3) is 0 Å². The van der Waals surface area contributed by atoms with Gasteiger partial charge in [0.1, 0.15) is 5.78 Å². The second kappa shape index (κ2) is 4.97. The quantitative estimate of drug-likeness (QED) is 0.865. The van der Waals surface area contributed by atoms with Gasteiger partial charge >= 0.3 is 0 Å². The van der Waals surface area contributed by atoms with Crippen LogP contribution in [0, 0.1) is 11.8 Å². The van der Waals surface area contributed by atoms with E-state index in [4.69, 9.17) is 4.74 Å². The molecule has 2 aliphatic carbocycles. The first kappa shape index (κ1) is 15.0. The van der Waals surface area contributed by atoms with E-state index in [0.29, 0.717) is 29.9 Å². The summed E-state index contributed by atoms with van der Waals surface area (Å²) in [4.78, 5) is 15.0. The Labute approximate surface area is 137 Å². The molecule has 0 aromatic heterocycles. The average molecular weight is 315 g/mol. The maximum Gasteiger partial charge on any atom is 0.161 e. The van der Waals surface area contributed by atoms with Crippen LogP contribution in [0.15, 0.2) is 12.1 Å². The van der Waals surface area contributed by atoms with Gasteiger partial charge in [-0.25, -0.2) is 0 Å². The van der Waals surface area contributed by atoms with Crippen molar-refractivity contribution in [1.82, 2.24) is 4.90 Å². The molecule has 1 heterocycles. The second-order valence-electron chi connectivity index (χ2n) is 7.53. The van der Waals surface area contributed by atoms with E-state index in [1.165, 1.54) is 5.56 Å². The lowest BCUT2D eigenvalue weighted by molar-refractivity contribution is -0.134. The number of carbonyl (C=O) groups excluding carboxylic acids is 1. The van der Waals surface area contributed by atoms with Crippen LogP contribution in [0.3, 0.4) is 0 Å². The van der Waals surface area contributed by atoms with E-state index in [9.17, 15) is 9.90 Å². The Morgan fingerprint density at radius 1 is 1.39 bits per heavy atom. The molecule has 0 unspecified atom stereocenters. The van der Waals surface area contributed by atoms with E-state index in [1.807, 2.05) is 6.07 Å². The fourth-order valence-corrected chi connectivity index (χ4v) is 5.67. The molecule has 1 N–H and O–H groups in total. The number of fused-ring (bicyclic) bond motifs is 1. The van der Waals surface area contributed by atoms with Crippen LogP contribution < -0.4 is 4.74 Å². The molecule has 4 nitrogen and oxygen atoms in total. The van der Waals surface area contributed by atoms with Gasteiger partial charge in [0, 0.05) is 29.4 Å². The minimum atomic E-state index is -0.223. The Morgan fingerprint density at radius 3 is 2.91 bits per heavy atom. The molecule has 1 saturated heterocycles. The molecule has 4 atom stereocenters. The van der Waals surface area contributed by atoms with Crippen molar-refractivity contribution in [3.8, 4) is 11.5 Å². The van der Waals surface area contributed by atoms with Gasteiger partial charge in [0.15, 0.2) is 11.5 Å². The van der Waals surface area contributed by atoms with Crippen molar-refractivity contribution in [2.24, 2.45) is 11.8 Å². The topological polar surface area (TPSA) is 49.8 Å². The number of Topliss-reactive ketones (excluding diaryl/α,β-unsaturated/α-hetero) is 1. The summed E-state index contributed by atoms with van der Waals surface area (Å²) in [6.45, 7) is 3.06. The fraction of sp³-hybridized carbons (Fsp3) is 0.632. The summed E-state index contributed by atoms with van der Waals surface area (Å²) in [5.41, 5.74) is 1.98. The molecular formula is C19H25NO3. The molecule has 4 rings (SSSR count). The Balaban J connectivity index is 1.99. The van der Waals surface area contributed by atoms with Gasteiger partial charge in [0.2, 0.25) is 0 Å². The monoisotopic (exact) mass is 315 g/mol. The van der Waals surface area contributed by atoms with E-state index >= 15 is 0 Å². The number of ether oxygens (including phenoxy) is 1. The zero-order valence-corrected chi connectivity index (χ0v) is 14.1. The van der Waals surface area contributed by atoms with Crippen molar-refractivity contribution in [3.63, 3.8) is 0 Å². The molecule has 124 valence electrons. The van der Waals surface area contributed by atoms with Crippen molar-refractivity contribution in [2.45, 2.75) is 44.1 Å². The smallest absolute Gasteiger partial charge is 0.161 e. The Hall–Kier alpha value is -1.55. The first-order valence-electron chi connectivity index (χ1n) is 8.63. The highest BCUT2D eigenvalue weighted by Gasteiger charge is 2.59. The second-order valence-corrected chi connectivity index (χ2v) is 7.53. The van der Waals surface area contributed by atoms with Crippen molar-refractivity contribution < 1.29 is 14.6 Å². The van der Waals surface area contributed by atoms with E-state index in [2.05, 4.69) is 24.9 Å². The Bertz CT molecular complexity index is 671. The highest BCUT2D eigenvalue weighted by molar-refractivity contribution is 5.84. The lowest BCUT2D eigenvalue weighted by atomic mass is 9.48. The van der Waals surface area contributed by atoms with Crippen molar-refractivity contribution in [3.05, 3.63) is 23.3 Å². The number of nitrogens with zero attached hydrogens (tertiary/aromatic N) is 1. The number of piperidine rings is 1. The Morgan fingerprint density at radius 2 is 2.17 bits per heavy atom. The molecule has 23 heavy (non-hydrogen) atoms. The summed E-state index contributed by atoms with van der Waals surface area (Å²) in [6.07, 6.45) is 3.51. The summed E-state index contributed by atoms with van der Waals surface area (Å²) < 4.78 is 5.36. The van der Waals surface area contributed by atoms with Gasteiger partial charge in [-0.1, -0.05) is 13.0 Å². The number of benzene rings is 1. The fourth-order valence-electron chi connectivity index (χ4n) is 5.67. The van der Waals surface area contributed by atoms with Crippen LogP contribution in [0.4, 0.5) is 0 Å². The maximum atomic E-state index is 12.6.